The average Bonchev–Trinajstić information content (AvgIpc) is 3.73. The third kappa shape index (κ3) is 6.99. The number of aromatic carboxylic acids is 1. The highest BCUT2D eigenvalue weighted by atomic mass is 16.5. The minimum absolute atomic E-state index is 0.0492. The summed E-state index contributed by atoms with van der Waals surface area (Å²) in [5.41, 5.74) is 2.65. The standard InChI is InChI=1S/C22H26N6O3.C9H11N3O3/c1-26-15-18(16-6-4-3-5-7-16)25-19(26)8-9-23-21(29)20-17(14-24-27(20)2)22(30)28-10-12-31-13-11-28;1-11-7(9(14)15)6(5-10-11)8(13)12-3-2-4-12/h3-7,14-15H,8-13H2,1-2H3,(H,23,29);5H,2-4H2,1H3,(H,14,15). The van der Waals surface area contributed by atoms with Gasteiger partial charge in [-0.2, -0.15) is 10.2 Å². The molecule has 0 bridgehead atoms. The van der Waals surface area contributed by atoms with Crippen LogP contribution in [0.3, 0.4) is 0 Å². The van der Waals surface area contributed by atoms with Gasteiger partial charge < -0.3 is 29.5 Å². The van der Waals surface area contributed by atoms with Crippen molar-refractivity contribution in [2.45, 2.75) is 12.8 Å². The second-order valence-electron chi connectivity index (χ2n) is 10.9. The van der Waals surface area contributed by atoms with E-state index in [1.165, 1.54) is 28.8 Å². The SMILES string of the molecule is Cn1cc(-c2ccccc2)nc1CCNC(=O)c1c(C(=O)N2CCOCC2)cnn1C.Cn1ncc(C(=O)N2CCC2)c1C(=O)O. The van der Waals surface area contributed by atoms with Crippen molar-refractivity contribution in [1.29, 1.82) is 0 Å². The number of aryl methyl sites for hydroxylation is 3. The second kappa shape index (κ2) is 14.2. The van der Waals surface area contributed by atoms with E-state index in [0.29, 0.717) is 57.9 Å². The first kappa shape index (κ1) is 32.1. The number of aromatic nitrogens is 6. The Kier molecular flexibility index (Phi) is 9.91. The Morgan fingerprint density at radius 2 is 1.43 bits per heavy atom. The molecule has 0 unspecified atom stereocenters. The van der Waals surface area contributed by atoms with Crippen molar-refractivity contribution in [3.8, 4) is 11.3 Å². The van der Waals surface area contributed by atoms with Gasteiger partial charge in [-0.25, -0.2) is 9.78 Å². The van der Waals surface area contributed by atoms with Crippen LogP contribution in [0.4, 0.5) is 0 Å². The molecule has 3 aromatic heterocycles. The van der Waals surface area contributed by atoms with Crippen molar-refractivity contribution in [2.24, 2.45) is 21.1 Å². The van der Waals surface area contributed by atoms with Crippen LogP contribution in [0.25, 0.3) is 11.3 Å². The summed E-state index contributed by atoms with van der Waals surface area (Å²) in [6.07, 6.45) is 6.29. The number of amides is 3. The van der Waals surface area contributed by atoms with Gasteiger partial charge in [-0.1, -0.05) is 30.3 Å². The number of carboxylic acid groups (broad SMARTS) is 1. The Morgan fingerprint density at radius 3 is 2.02 bits per heavy atom. The normalized spacial score (nSPS) is 14.2. The predicted molar refractivity (Wildman–Crippen MR) is 165 cm³/mol. The lowest BCUT2D eigenvalue weighted by molar-refractivity contribution is 0.0301. The van der Waals surface area contributed by atoms with Crippen molar-refractivity contribution in [2.75, 3.05) is 45.9 Å². The Hall–Kier alpha value is -5.31. The van der Waals surface area contributed by atoms with Gasteiger partial charge in [-0.05, 0) is 6.42 Å². The number of carbonyl (C=O) groups is 4. The zero-order valence-electron chi connectivity index (χ0n) is 26.0. The van der Waals surface area contributed by atoms with Gasteiger partial charge in [-0.15, -0.1) is 0 Å². The molecule has 3 amide bonds. The number of rotatable bonds is 8. The molecule has 5 heterocycles. The van der Waals surface area contributed by atoms with Crippen LogP contribution in [0.15, 0.2) is 48.9 Å². The number of carbonyl (C=O) groups excluding carboxylic acids is 3. The van der Waals surface area contributed by atoms with Crippen LogP contribution in [0.2, 0.25) is 0 Å². The van der Waals surface area contributed by atoms with Gasteiger partial charge in [0, 0.05) is 72.0 Å². The smallest absolute Gasteiger partial charge is 0.354 e. The van der Waals surface area contributed by atoms with E-state index in [0.717, 1.165) is 23.5 Å². The summed E-state index contributed by atoms with van der Waals surface area (Å²) >= 11 is 0. The molecule has 0 spiro atoms. The van der Waals surface area contributed by atoms with Gasteiger partial charge in [0.1, 0.15) is 11.5 Å². The van der Waals surface area contributed by atoms with Crippen LogP contribution in [0.5, 0.6) is 0 Å². The number of hydrogen-bond donors (Lipinski definition) is 2. The number of nitrogens with zero attached hydrogens (tertiary/aromatic N) is 8. The van der Waals surface area contributed by atoms with E-state index in [1.54, 1.807) is 16.8 Å². The van der Waals surface area contributed by atoms with Crippen LogP contribution in [0, 0.1) is 0 Å². The van der Waals surface area contributed by atoms with Gasteiger partial charge in [0.25, 0.3) is 17.7 Å². The average molecular weight is 632 g/mol. The maximum Gasteiger partial charge on any atom is 0.354 e. The number of ether oxygens (including phenoxy) is 1. The predicted octanol–water partition coefficient (Wildman–Crippen LogP) is 1.23. The summed E-state index contributed by atoms with van der Waals surface area (Å²) in [7, 11) is 5.11. The van der Waals surface area contributed by atoms with E-state index in [4.69, 9.17) is 9.84 Å². The van der Waals surface area contributed by atoms with Gasteiger partial charge in [0.05, 0.1) is 42.4 Å². The fraction of sp³-hybridized carbons (Fsp3) is 0.387. The molecular weight excluding hydrogens is 594 g/mol. The minimum atomic E-state index is -1.13. The largest absolute Gasteiger partial charge is 0.477 e. The maximum absolute atomic E-state index is 12.8. The Labute approximate surface area is 265 Å². The summed E-state index contributed by atoms with van der Waals surface area (Å²) in [5, 5.41) is 19.7. The van der Waals surface area contributed by atoms with Crippen molar-refractivity contribution in [3.05, 3.63) is 77.3 Å². The minimum Gasteiger partial charge on any atom is -0.477 e. The van der Waals surface area contributed by atoms with E-state index in [-0.39, 0.29) is 34.7 Å². The molecule has 6 rings (SSSR count). The second-order valence-corrected chi connectivity index (χ2v) is 10.9. The van der Waals surface area contributed by atoms with Gasteiger partial charge in [0.2, 0.25) is 0 Å². The first-order chi connectivity index (χ1) is 22.2. The van der Waals surface area contributed by atoms with E-state index in [2.05, 4.69) is 20.5 Å². The molecule has 2 saturated heterocycles. The summed E-state index contributed by atoms with van der Waals surface area (Å²) in [6, 6.07) is 9.97. The molecule has 0 atom stereocenters. The van der Waals surface area contributed by atoms with Gasteiger partial charge in [-0.3, -0.25) is 23.7 Å². The summed E-state index contributed by atoms with van der Waals surface area (Å²) in [4.78, 5) is 56.4. The summed E-state index contributed by atoms with van der Waals surface area (Å²) in [6.45, 7) is 3.83. The molecule has 2 fully saturated rings. The fourth-order valence-corrected chi connectivity index (χ4v) is 5.19. The molecule has 242 valence electrons. The van der Waals surface area contributed by atoms with Crippen LogP contribution in [-0.2, 0) is 32.3 Å². The number of nitrogens with one attached hydrogen (secondary N) is 1. The molecule has 46 heavy (non-hydrogen) atoms. The molecule has 0 aliphatic carbocycles. The number of benzene rings is 1. The third-order valence-electron chi connectivity index (χ3n) is 7.87. The van der Waals surface area contributed by atoms with Gasteiger partial charge >= 0.3 is 5.97 Å². The molecule has 1 aromatic carbocycles. The molecule has 0 saturated carbocycles. The van der Waals surface area contributed by atoms with Crippen LogP contribution in [0.1, 0.15) is 53.9 Å². The summed E-state index contributed by atoms with van der Waals surface area (Å²) in [5.74, 6) is -1.02. The van der Waals surface area contributed by atoms with E-state index in [1.807, 2.05) is 48.1 Å². The molecule has 15 heteroatoms. The van der Waals surface area contributed by atoms with Crippen LogP contribution < -0.4 is 5.32 Å². The van der Waals surface area contributed by atoms with Crippen LogP contribution >= 0.6 is 0 Å². The highest BCUT2D eigenvalue weighted by molar-refractivity contribution is 6.06. The fourth-order valence-electron chi connectivity index (χ4n) is 5.19. The highest BCUT2D eigenvalue weighted by Gasteiger charge is 2.29. The molecule has 4 aromatic rings. The molecule has 2 aliphatic rings. The van der Waals surface area contributed by atoms with Crippen molar-refractivity contribution in [3.63, 3.8) is 0 Å². The maximum atomic E-state index is 12.8. The number of hydrogen-bond acceptors (Lipinski definition) is 8. The summed E-state index contributed by atoms with van der Waals surface area (Å²) < 4.78 is 9.91. The lowest BCUT2D eigenvalue weighted by Crippen LogP contribution is -2.42. The third-order valence-corrected chi connectivity index (χ3v) is 7.87. The highest BCUT2D eigenvalue weighted by Crippen LogP contribution is 2.18. The number of morpholine rings is 1. The van der Waals surface area contributed by atoms with E-state index < -0.39 is 5.97 Å². The number of imidazole rings is 1. The Balaban J connectivity index is 0.000000232. The molecule has 15 nitrogen and oxygen atoms in total. The van der Waals surface area contributed by atoms with Crippen molar-refractivity contribution in [1.82, 2.24) is 44.2 Å². The number of likely N-dealkylation sites (tertiary alicyclic amines) is 1. The topological polar surface area (TPSA) is 170 Å². The monoisotopic (exact) mass is 631 g/mol. The quantitative estimate of drug-likeness (QED) is 0.290. The first-order valence-electron chi connectivity index (χ1n) is 14.9. The lowest BCUT2D eigenvalue weighted by Gasteiger charge is -2.30. The molecule has 2 aliphatic heterocycles. The van der Waals surface area contributed by atoms with E-state index >= 15 is 0 Å². The van der Waals surface area contributed by atoms with Crippen LogP contribution in [-0.4, -0.2) is 114 Å². The molecule has 0 radical (unpaired) electrons. The van der Waals surface area contributed by atoms with Crippen molar-refractivity contribution < 1.29 is 29.0 Å². The first-order valence-corrected chi connectivity index (χ1v) is 14.9. The Bertz CT molecular complexity index is 1710. The molecule has 2 N–H and O–H groups in total. The van der Waals surface area contributed by atoms with Crippen molar-refractivity contribution >= 4 is 23.7 Å². The number of carboxylic acids is 1. The zero-order chi connectivity index (χ0) is 32.8. The zero-order valence-corrected chi connectivity index (χ0v) is 26.0. The Morgan fingerprint density at radius 1 is 0.848 bits per heavy atom. The lowest BCUT2D eigenvalue weighted by atomic mass is 10.1. The van der Waals surface area contributed by atoms with Gasteiger partial charge in [0.15, 0.2) is 5.69 Å². The van der Waals surface area contributed by atoms with E-state index in [9.17, 15) is 19.2 Å². The molecular formula is C31H37N9O6.